The number of hydrogen-bond acceptors (Lipinski definition) is 3. The van der Waals surface area contributed by atoms with Gasteiger partial charge in [0.25, 0.3) is 0 Å². The lowest BCUT2D eigenvalue weighted by atomic mass is 10.2. The van der Waals surface area contributed by atoms with Gasteiger partial charge in [-0.15, -0.1) is 0 Å². The van der Waals surface area contributed by atoms with Crippen LogP contribution < -0.4 is 11.1 Å². The number of nitrogens with two attached hydrogens (primary N) is 1. The maximum atomic E-state index is 11.3. The smallest absolute Gasteiger partial charge is 0.236 e. The molecule has 1 amide bonds. The van der Waals surface area contributed by atoms with Gasteiger partial charge in [0.2, 0.25) is 5.91 Å². The molecule has 4 heteroatoms. The van der Waals surface area contributed by atoms with Crippen molar-refractivity contribution in [2.24, 2.45) is 5.73 Å². The highest BCUT2D eigenvalue weighted by molar-refractivity contribution is 5.81. The Morgan fingerprint density at radius 3 is 2.50 bits per heavy atom. The van der Waals surface area contributed by atoms with Crippen LogP contribution in [0.1, 0.15) is 27.2 Å². The van der Waals surface area contributed by atoms with E-state index in [1.807, 2.05) is 14.0 Å². The third-order valence-electron chi connectivity index (χ3n) is 2.42. The maximum absolute atomic E-state index is 11.3. The first kappa shape index (κ1) is 13.4. The first-order valence-electron chi connectivity index (χ1n) is 5.22. The van der Waals surface area contributed by atoms with E-state index in [9.17, 15) is 4.79 Å². The molecule has 0 aliphatic rings. The normalized spacial score (nSPS) is 13.4. The summed E-state index contributed by atoms with van der Waals surface area (Å²) in [5.41, 5.74) is 5.57. The fraction of sp³-hybridized carbons (Fsp3) is 0.900. The summed E-state index contributed by atoms with van der Waals surface area (Å²) in [6.45, 7) is 7.69. The van der Waals surface area contributed by atoms with Gasteiger partial charge in [-0.2, -0.15) is 0 Å². The summed E-state index contributed by atoms with van der Waals surface area (Å²) in [5, 5.41) is 2.81. The summed E-state index contributed by atoms with van der Waals surface area (Å²) < 4.78 is 0. The monoisotopic (exact) mass is 201 g/mol. The molecule has 0 aliphatic carbocycles. The van der Waals surface area contributed by atoms with Crippen molar-refractivity contribution in [1.82, 2.24) is 10.2 Å². The van der Waals surface area contributed by atoms with Crippen LogP contribution >= 0.6 is 0 Å². The van der Waals surface area contributed by atoms with Gasteiger partial charge in [-0.05, 0) is 27.3 Å². The van der Waals surface area contributed by atoms with Gasteiger partial charge in [-0.25, -0.2) is 0 Å². The van der Waals surface area contributed by atoms with E-state index < -0.39 is 0 Å². The van der Waals surface area contributed by atoms with E-state index in [0.717, 1.165) is 6.54 Å². The fourth-order valence-electron chi connectivity index (χ4n) is 0.930. The molecule has 1 unspecified atom stereocenters. The maximum Gasteiger partial charge on any atom is 0.236 e. The molecule has 0 aromatic heterocycles. The highest BCUT2D eigenvalue weighted by Crippen LogP contribution is 1.91. The molecule has 0 saturated carbocycles. The molecule has 0 rings (SSSR count). The third-order valence-corrected chi connectivity index (χ3v) is 2.42. The van der Waals surface area contributed by atoms with Crippen molar-refractivity contribution in [3.63, 3.8) is 0 Å². The molecular weight excluding hydrogens is 178 g/mol. The largest absolute Gasteiger partial charge is 0.353 e. The number of likely N-dealkylation sites (N-methyl/N-ethyl adjacent to an activating group) is 1. The van der Waals surface area contributed by atoms with E-state index in [4.69, 9.17) is 5.73 Å². The van der Waals surface area contributed by atoms with E-state index in [2.05, 4.69) is 24.1 Å². The van der Waals surface area contributed by atoms with Crippen molar-refractivity contribution in [2.75, 3.05) is 20.1 Å². The minimum Gasteiger partial charge on any atom is -0.353 e. The predicted molar refractivity (Wildman–Crippen MR) is 59.0 cm³/mol. The average molecular weight is 201 g/mol. The number of nitrogens with zero attached hydrogens (tertiary/aromatic N) is 1. The van der Waals surface area contributed by atoms with Gasteiger partial charge in [0.1, 0.15) is 0 Å². The van der Waals surface area contributed by atoms with E-state index in [-0.39, 0.29) is 11.9 Å². The van der Waals surface area contributed by atoms with Crippen LogP contribution in [0.3, 0.4) is 0 Å². The minimum absolute atomic E-state index is 0.0512. The van der Waals surface area contributed by atoms with Gasteiger partial charge in [0.15, 0.2) is 0 Å². The quantitative estimate of drug-likeness (QED) is 0.644. The molecule has 0 fully saturated rings. The second-order valence-electron chi connectivity index (χ2n) is 3.88. The molecule has 0 radical (unpaired) electrons. The van der Waals surface area contributed by atoms with Gasteiger partial charge in [0, 0.05) is 19.1 Å². The second kappa shape index (κ2) is 6.79. The van der Waals surface area contributed by atoms with Crippen molar-refractivity contribution >= 4 is 5.91 Å². The van der Waals surface area contributed by atoms with Gasteiger partial charge in [-0.1, -0.05) is 6.92 Å². The van der Waals surface area contributed by atoms with Crippen molar-refractivity contribution in [3.8, 4) is 0 Å². The Balaban J connectivity index is 3.59. The van der Waals surface area contributed by atoms with Gasteiger partial charge in [-0.3, -0.25) is 4.79 Å². The number of amides is 1. The van der Waals surface area contributed by atoms with Gasteiger partial charge in [0.05, 0.1) is 6.04 Å². The molecule has 0 bridgehead atoms. The molecule has 14 heavy (non-hydrogen) atoms. The molecule has 0 heterocycles. The van der Waals surface area contributed by atoms with Crippen molar-refractivity contribution in [1.29, 1.82) is 0 Å². The van der Waals surface area contributed by atoms with Crippen LogP contribution in [0.15, 0.2) is 0 Å². The first-order chi connectivity index (χ1) is 6.49. The zero-order valence-corrected chi connectivity index (χ0v) is 9.71. The molecule has 1 atom stereocenters. The summed E-state index contributed by atoms with van der Waals surface area (Å²) in [6.07, 6.45) is 0.686. The number of nitrogens with one attached hydrogen (secondary N) is 1. The number of hydrogen-bond donors (Lipinski definition) is 2. The molecule has 4 nitrogen and oxygen atoms in total. The lowest BCUT2D eigenvalue weighted by Crippen LogP contribution is -2.43. The Morgan fingerprint density at radius 1 is 1.50 bits per heavy atom. The zero-order chi connectivity index (χ0) is 11.1. The summed E-state index contributed by atoms with van der Waals surface area (Å²) in [6, 6.07) is 0.145. The zero-order valence-electron chi connectivity index (χ0n) is 9.71. The van der Waals surface area contributed by atoms with E-state index in [0.29, 0.717) is 19.0 Å². The molecule has 0 saturated heterocycles. The summed E-state index contributed by atoms with van der Waals surface area (Å²) in [5.74, 6) is -0.0512. The van der Waals surface area contributed by atoms with Gasteiger partial charge < -0.3 is 16.0 Å². The number of carbonyl (C=O) groups excluding carboxylic acids is 1. The van der Waals surface area contributed by atoms with Crippen molar-refractivity contribution in [2.45, 2.75) is 39.3 Å². The van der Waals surface area contributed by atoms with Crippen LogP contribution in [-0.2, 0) is 4.79 Å². The lowest BCUT2D eigenvalue weighted by Gasteiger charge is -2.21. The molecule has 3 N–H and O–H groups in total. The fourth-order valence-corrected chi connectivity index (χ4v) is 0.930. The molecule has 84 valence electrons. The average Bonchev–Trinajstić information content (AvgIpc) is 2.15. The van der Waals surface area contributed by atoms with Crippen LogP contribution in [0.25, 0.3) is 0 Å². The van der Waals surface area contributed by atoms with E-state index in [1.165, 1.54) is 0 Å². The van der Waals surface area contributed by atoms with Crippen molar-refractivity contribution in [3.05, 3.63) is 0 Å². The highest BCUT2D eigenvalue weighted by atomic mass is 16.2. The Morgan fingerprint density at radius 2 is 2.07 bits per heavy atom. The molecule has 0 aromatic carbocycles. The van der Waals surface area contributed by atoms with Crippen LogP contribution in [0, 0.1) is 0 Å². The van der Waals surface area contributed by atoms with E-state index in [1.54, 1.807) is 0 Å². The Hall–Kier alpha value is -0.610. The van der Waals surface area contributed by atoms with E-state index >= 15 is 0 Å². The highest BCUT2D eigenvalue weighted by Gasteiger charge is 2.10. The Bertz CT molecular complexity index is 171. The molecule has 0 spiro atoms. The summed E-state index contributed by atoms with van der Waals surface area (Å²) >= 11 is 0. The topological polar surface area (TPSA) is 58.4 Å². The SMILES string of the molecule is CCC(N)C(=O)NCCN(C)C(C)C. The van der Waals surface area contributed by atoms with Crippen molar-refractivity contribution < 1.29 is 4.79 Å². The van der Waals surface area contributed by atoms with Crippen LogP contribution in [0.2, 0.25) is 0 Å². The standard InChI is InChI=1S/C10H23N3O/c1-5-9(11)10(14)12-6-7-13(4)8(2)3/h8-9H,5-7,11H2,1-4H3,(H,12,14). The molecular formula is C10H23N3O. The third kappa shape index (κ3) is 5.19. The molecule has 0 aliphatic heterocycles. The number of carbonyl (C=O) groups is 1. The predicted octanol–water partition coefficient (Wildman–Crippen LogP) is 0.180. The first-order valence-corrected chi connectivity index (χ1v) is 5.22. The summed E-state index contributed by atoms with van der Waals surface area (Å²) in [4.78, 5) is 13.4. The van der Waals surface area contributed by atoms with Crippen LogP contribution in [0.5, 0.6) is 0 Å². The molecule has 0 aromatic rings. The minimum atomic E-state index is -0.362. The second-order valence-corrected chi connectivity index (χ2v) is 3.88. The Labute approximate surface area is 86.8 Å². The van der Waals surface area contributed by atoms with Crippen LogP contribution in [-0.4, -0.2) is 43.0 Å². The number of rotatable bonds is 6. The lowest BCUT2D eigenvalue weighted by molar-refractivity contribution is -0.122. The van der Waals surface area contributed by atoms with Gasteiger partial charge >= 0.3 is 0 Å². The van der Waals surface area contributed by atoms with Crippen LogP contribution in [0.4, 0.5) is 0 Å². The summed E-state index contributed by atoms with van der Waals surface area (Å²) in [7, 11) is 2.04. The Kier molecular flexibility index (Phi) is 6.49.